The van der Waals surface area contributed by atoms with Crippen LogP contribution in [0.15, 0.2) is 36.7 Å². The zero-order valence-corrected chi connectivity index (χ0v) is 12.0. The third-order valence-corrected chi connectivity index (χ3v) is 3.09. The van der Waals surface area contributed by atoms with Gasteiger partial charge in [0.1, 0.15) is 12.4 Å². The van der Waals surface area contributed by atoms with Crippen molar-refractivity contribution in [2.75, 3.05) is 13.7 Å². The molecule has 0 fully saturated rings. The normalized spacial score (nSPS) is 12.1. The fourth-order valence-electron chi connectivity index (χ4n) is 1.93. The van der Waals surface area contributed by atoms with Gasteiger partial charge in [-0.2, -0.15) is 5.10 Å². The Bertz CT molecular complexity index is 592. The summed E-state index contributed by atoms with van der Waals surface area (Å²) in [5.74, 6) is -0.332. The molecule has 112 valence electrons. The summed E-state index contributed by atoms with van der Waals surface area (Å²) in [5.41, 5.74) is 1.31. The minimum atomic E-state index is -0.951. The number of carbonyl (C=O) groups is 1. The van der Waals surface area contributed by atoms with Crippen LogP contribution < -0.4 is 4.74 Å². The van der Waals surface area contributed by atoms with Gasteiger partial charge in [0.25, 0.3) is 0 Å². The molecule has 1 aromatic heterocycles. The molecule has 2 aromatic rings. The first-order chi connectivity index (χ1) is 10.1. The van der Waals surface area contributed by atoms with Gasteiger partial charge in [-0.15, -0.1) is 0 Å². The Hall–Kier alpha value is -2.34. The largest absolute Gasteiger partial charge is 0.491 e. The summed E-state index contributed by atoms with van der Waals surface area (Å²) in [5, 5.41) is 12.9. The van der Waals surface area contributed by atoms with Crippen molar-refractivity contribution in [3.63, 3.8) is 0 Å². The molecule has 0 saturated heterocycles. The molecule has 0 aliphatic carbocycles. The molecule has 21 heavy (non-hydrogen) atoms. The maximum atomic E-state index is 10.8. The zero-order chi connectivity index (χ0) is 15.2. The van der Waals surface area contributed by atoms with Crippen LogP contribution in [0.25, 0.3) is 0 Å². The van der Waals surface area contributed by atoms with Gasteiger partial charge in [0.15, 0.2) is 0 Å². The van der Waals surface area contributed by atoms with E-state index in [1.165, 1.54) is 12.1 Å². The van der Waals surface area contributed by atoms with E-state index in [1.54, 1.807) is 30.1 Å². The number of hydrogen-bond acceptors (Lipinski definition) is 4. The predicted octanol–water partition coefficient (Wildman–Crippen LogP) is 1.75. The molecule has 1 unspecified atom stereocenters. The first-order valence-electron chi connectivity index (χ1n) is 6.55. The molecule has 1 heterocycles. The fourth-order valence-corrected chi connectivity index (χ4v) is 1.93. The highest BCUT2D eigenvalue weighted by molar-refractivity contribution is 5.87. The second kappa shape index (κ2) is 6.90. The van der Waals surface area contributed by atoms with Crippen molar-refractivity contribution in [3.8, 4) is 5.75 Å². The lowest BCUT2D eigenvalue weighted by atomic mass is 10.1. The summed E-state index contributed by atoms with van der Waals surface area (Å²) in [6.07, 6.45) is 4.35. The van der Waals surface area contributed by atoms with Crippen LogP contribution in [0.4, 0.5) is 0 Å². The molecular weight excluding hydrogens is 272 g/mol. The summed E-state index contributed by atoms with van der Waals surface area (Å²) in [6.45, 7) is 0.387. The lowest BCUT2D eigenvalue weighted by Gasteiger charge is -2.15. The van der Waals surface area contributed by atoms with Crippen LogP contribution in [0, 0.1) is 0 Å². The quantitative estimate of drug-likeness (QED) is 0.841. The van der Waals surface area contributed by atoms with E-state index in [9.17, 15) is 4.79 Å². The Balaban J connectivity index is 1.89. The van der Waals surface area contributed by atoms with Crippen molar-refractivity contribution in [2.45, 2.75) is 12.5 Å². The highest BCUT2D eigenvalue weighted by atomic mass is 16.5. The number of carboxylic acid groups (broad SMARTS) is 1. The number of carboxylic acids is 1. The minimum Gasteiger partial charge on any atom is -0.491 e. The van der Waals surface area contributed by atoms with E-state index in [4.69, 9.17) is 14.6 Å². The third-order valence-electron chi connectivity index (χ3n) is 3.09. The lowest BCUT2D eigenvalue weighted by molar-refractivity contribution is 0.0584. The Labute approximate surface area is 122 Å². The molecule has 6 nitrogen and oxygen atoms in total. The van der Waals surface area contributed by atoms with Crippen LogP contribution >= 0.6 is 0 Å². The highest BCUT2D eigenvalue weighted by Gasteiger charge is 2.11. The monoisotopic (exact) mass is 290 g/mol. The van der Waals surface area contributed by atoms with E-state index < -0.39 is 5.97 Å². The molecule has 0 amide bonds. The SMILES string of the molecule is COC(COc1ccc(C(=O)O)cc1)Cc1cnn(C)c1. The first-order valence-corrected chi connectivity index (χ1v) is 6.55. The first kappa shape index (κ1) is 15.1. The van der Waals surface area contributed by atoms with Crippen molar-refractivity contribution in [3.05, 3.63) is 47.8 Å². The van der Waals surface area contributed by atoms with E-state index in [-0.39, 0.29) is 11.7 Å². The molecule has 0 radical (unpaired) electrons. The minimum absolute atomic E-state index is 0.0895. The number of aromatic nitrogens is 2. The predicted molar refractivity (Wildman–Crippen MR) is 76.6 cm³/mol. The lowest BCUT2D eigenvalue weighted by Crippen LogP contribution is -2.22. The van der Waals surface area contributed by atoms with Gasteiger partial charge < -0.3 is 14.6 Å². The molecule has 0 saturated carbocycles. The standard InChI is InChI=1S/C15H18N2O4/c1-17-9-11(8-16-17)7-14(20-2)10-21-13-5-3-12(4-6-13)15(18)19/h3-6,8-9,14H,7,10H2,1-2H3,(H,18,19). The van der Waals surface area contributed by atoms with Crippen molar-refractivity contribution in [1.82, 2.24) is 9.78 Å². The van der Waals surface area contributed by atoms with Crippen LogP contribution in [0.2, 0.25) is 0 Å². The van der Waals surface area contributed by atoms with Crippen molar-refractivity contribution in [1.29, 1.82) is 0 Å². The van der Waals surface area contributed by atoms with Gasteiger partial charge in [-0.3, -0.25) is 4.68 Å². The highest BCUT2D eigenvalue weighted by Crippen LogP contribution is 2.14. The van der Waals surface area contributed by atoms with Gasteiger partial charge in [-0.25, -0.2) is 4.79 Å². The van der Waals surface area contributed by atoms with Gasteiger partial charge in [-0.05, 0) is 29.8 Å². The van der Waals surface area contributed by atoms with Crippen molar-refractivity contribution < 1.29 is 19.4 Å². The molecule has 0 aliphatic rings. The van der Waals surface area contributed by atoms with Crippen molar-refractivity contribution >= 4 is 5.97 Å². The molecule has 6 heteroatoms. The Morgan fingerprint density at radius 3 is 2.62 bits per heavy atom. The zero-order valence-electron chi connectivity index (χ0n) is 12.0. The number of aromatic carboxylic acids is 1. The number of hydrogen-bond donors (Lipinski definition) is 1. The van der Waals surface area contributed by atoms with E-state index in [1.807, 2.05) is 13.2 Å². The van der Waals surface area contributed by atoms with Crippen molar-refractivity contribution in [2.24, 2.45) is 7.05 Å². The fraction of sp³-hybridized carbons (Fsp3) is 0.333. The number of rotatable bonds is 7. The smallest absolute Gasteiger partial charge is 0.335 e. The molecule has 0 bridgehead atoms. The number of benzene rings is 1. The van der Waals surface area contributed by atoms with Crippen LogP contribution in [-0.2, 0) is 18.2 Å². The van der Waals surface area contributed by atoms with E-state index in [0.29, 0.717) is 18.8 Å². The molecule has 1 aromatic carbocycles. The number of aryl methyl sites for hydroxylation is 1. The van der Waals surface area contributed by atoms with E-state index in [0.717, 1.165) is 5.56 Å². The number of nitrogens with zero attached hydrogens (tertiary/aromatic N) is 2. The Morgan fingerprint density at radius 2 is 2.10 bits per heavy atom. The van der Waals surface area contributed by atoms with Gasteiger partial charge >= 0.3 is 5.97 Å². The van der Waals surface area contributed by atoms with E-state index in [2.05, 4.69) is 5.10 Å². The molecule has 1 atom stereocenters. The van der Waals surface area contributed by atoms with Crippen LogP contribution in [-0.4, -0.2) is 40.7 Å². The Morgan fingerprint density at radius 1 is 1.38 bits per heavy atom. The molecule has 0 spiro atoms. The second-order valence-corrected chi connectivity index (χ2v) is 4.72. The second-order valence-electron chi connectivity index (χ2n) is 4.72. The number of ether oxygens (including phenoxy) is 2. The van der Waals surface area contributed by atoms with Crippen LogP contribution in [0.5, 0.6) is 5.75 Å². The summed E-state index contributed by atoms with van der Waals surface area (Å²) in [4.78, 5) is 10.8. The van der Waals surface area contributed by atoms with Gasteiger partial charge in [-0.1, -0.05) is 0 Å². The number of methoxy groups -OCH3 is 1. The molecule has 0 aliphatic heterocycles. The molecular formula is C15H18N2O4. The van der Waals surface area contributed by atoms with Crippen LogP contribution in [0.1, 0.15) is 15.9 Å². The molecule has 2 rings (SSSR count). The maximum Gasteiger partial charge on any atom is 0.335 e. The van der Waals surface area contributed by atoms with E-state index >= 15 is 0 Å². The van der Waals surface area contributed by atoms with Gasteiger partial charge in [0, 0.05) is 26.8 Å². The summed E-state index contributed by atoms with van der Waals surface area (Å²) in [7, 11) is 3.50. The maximum absolute atomic E-state index is 10.8. The van der Waals surface area contributed by atoms with Gasteiger partial charge in [0.05, 0.1) is 17.9 Å². The average Bonchev–Trinajstić information content (AvgIpc) is 2.89. The third kappa shape index (κ3) is 4.32. The average molecular weight is 290 g/mol. The summed E-state index contributed by atoms with van der Waals surface area (Å²) >= 11 is 0. The van der Waals surface area contributed by atoms with Gasteiger partial charge in [0.2, 0.25) is 0 Å². The molecule has 1 N–H and O–H groups in total. The summed E-state index contributed by atoms with van der Waals surface area (Å²) in [6, 6.07) is 6.31. The topological polar surface area (TPSA) is 73.6 Å². The summed E-state index contributed by atoms with van der Waals surface area (Å²) < 4.78 is 12.8. The Kier molecular flexibility index (Phi) is 4.94. The van der Waals surface area contributed by atoms with Crippen LogP contribution in [0.3, 0.4) is 0 Å².